The normalized spacial score (nSPS) is 21.1. The van der Waals surface area contributed by atoms with E-state index >= 15 is 0 Å². The molecule has 1 aromatic carbocycles. The summed E-state index contributed by atoms with van der Waals surface area (Å²) in [4.78, 5) is 13.7. The predicted octanol–water partition coefficient (Wildman–Crippen LogP) is 1.29. The number of hydrogen-bond acceptors (Lipinski definition) is 4. The Kier molecular flexibility index (Phi) is 8.34. The van der Waals surface area contributed by atoms with Crippen LogP contribution in [0.4, 0.5) is 0 Å². The summed E-state index contributed by atoms with van der Waals surface area (Å²) in [6.45, 7) is 3.83. The van der Waals surface area contributed by atoms with Gasteiger partial charge in [-0.05, 0) is 18.5 Å². The summed E-state index contributed by atoms with van der Waals surface area (Å²) in [5.41, 5.74) is 1.21. The Balaban J connectivity index is 0.00000312. The SMILES string of the molecule is CC(=O)N[C@H]1CN(CCCS(=O)(=O)N(C)C)C[C@@H]1c1ccccc1.Cl. The molecule has 1 heterocycles. The standard InChI is InChI=1S/C17H27N3O3S.ClH/c1-14(21)18-17-13-20(10-7-11-24(22,23)19(2)3)12-16(17)15-8-5-4-6-9-15;/h4-6,8-9,16-17H,7,10-13H2,1-3H3,(H,18,21);1H/t16-,17+;/m1./s1. The van der Waals surface area contributed by atoms with E-state index in [1.54, 1.807) is 14.1 Å². The Morgan fingerprint density at radius 3 is 2.44 bits per heavy atom. The molecule has 1 saturated heterocycles. The van der Waals surface area contributed by atoms with Gasteiger partial charge in [-0.3, -0.25) is 4.79 Å². The molecule has 0 spiro atoms. The molecule has 0 aromatic heterocycles. The maximum absolute atomic E-state index is 11.9. The quantitative estimate of drug-likeness (QED) is 0.763. The van der Waals surface area contributed by atoms with E-state index in [0.717, 1.165) is 13.1 Å². The zero-order valence-corrected chi connectivity index (χ0v) is 16.6. The van der Waals surface area contributed by atoms with E-state index in [2.05, 4.69) is 22.3 Å². The summed E-state index contributed by atoms with van der Waals surface area (Å²) < 4.78 is 25.0. The number of sulfonamides is 1. The molecule has 8 heteroatoms. The van der Waals surface area contributed by atoms with E-state index in [1.807, 2.05) is 18.2 Å². The van der Waals surface area contributed by atoms with Gasteiger partial charge in [0, 0.05) is 46.1 Å². The molecule has 1 N–H and O–H groups in total. The lowest BCUT2D eigenvalue weighted by molar-refractivity contribution is -0.119. The summed E-state index contributed by atoms with van der Waals surface area (Å²) in [5.74, 6) is 0.357. The van der Waals surface area contributed by atoms with E-state index in [-0.39, 0.29) is 36.0 Å². The minimum atomic E-state index is -3.15. The molecular formula is C17H28ClN3O3S. The smallest absolute Gasteiger partial charge is 0.217 e. The fraction of sp³-hybridized carbons (Fsp3) is 0.588. The lowest BCUT2D eigenvalue weighted by atomic mass is 9.94. The second-order valence-corrected chi connectivity index (χ2v) is 8.84. The molecule has 6 nitrogen and oxygen atoms in total. The minimum absolute atomic E-state index is 0. The summed E-state index contributed by atoms with van der Waals surface area (Å²) in [7, 11) is -0.0333. The maximum Gasteiger partial charge on any atom is 0.217 e. The van der Waals surface area contributed by atoms with Crippen LogP contribution in [0.25, 0.3) is 0 Å². The van der Waals surface area contributed by atoms with Gasteiger partial charge in [-0.2, -0.15) is 0 Å². The summed E-state index contributed by atoms with van der Waals surface area (Å²) >= 11 is 0. The third-order valence-electron chi connectivity index (χ3n) is 4.44. The molecule has 0 bridgehead atoms. The number of amides is 1. The fourth-order valence-corrected chi connectivity index (χ4v) is 4.03. The van der Waals surface area contributed by atoms with Crippen molar-refractivity contribution in [3.05, 3.63) is 35.9 Å². The van der Waals surface area contributed by atoms with Crippen molar-refractivity contribution in [1.29, 1.82) is 0 Å². The monoisotopic (exact) mass is 389 g/mol. The molecule has 0 saturated carbocycles. The van der Waals surface area contributed by atoms with E-state index in [4.69, 9.17) is 0 Å². The Morgan fingerprint density at radius 1 is 1.24 bits per heavy atom. The van der Waals surface area contributed by atoms with Crippen LogP contribution in [0.2, 0.25) is 0 Å². The molecule has 1 aliphatic heterocycles. The molecule has 0 aliphatic carbocycles. The largest absolute Gasteiger partial charge is 0.352 e. The number of nitrogens with zero attached hydrogens (tertiary/aromatic N) is 2. The van der Waals surface area contributed by atoms with Gasteiger partial charge in [0.2, 0.25) is 15.9 Å². The number of carbonyl (C=O) groups is 1. The van der Waals surface area contributed by atoms with E-state index in [0.29, 0.717) is 13.0 Å². The van der Waals surface area contributed by atoms with Gasteiger partial charge in [0.1, 0.15) is 0 Å². The minimum Gasteiger partial charge on any atom is -0.352 e. The van der Waals surface area contributed by atoms with Gasteiger partial charge in [-0.15, -0.1) is 12.4 Å². The van der Waals surface area contributed by atoms with Crippen LogP contribution in [0.5, 0.6) is 0 Å². The number of hydrogen-bond donors (Lipinski definition) is 1. The first-order valence-corrected chi connectivity index (χ1v) is 9.85. The molecule has 1 fully saturated rings. The van der Waals surface area contributed by atoms with Gasteiger partial charge in [0.25, 0.3) is 0 Å². The number of carbonyl (C=O) groups excluding carboxylic acids is 1. The Morgan fingerprint density at radius 2 is 1.88 bits per heavy atom. The average Bonchev–Trinajstić information content (AvgIpc) is 2.89. The molecule has 142 valence electrons. The molecule has 0 radical (unpaired) electrons. The highest BCUT2D eigenvalue weighted by atomic mass is 35.5. The molecule has 1 aromatic rings. The predicted molar refractivity (Wildman–Crippen MR) is 103 cm³/mol. The van der Waals surface area contributed by atoms with Crippen LogP contribution in [0.15, 0.2) is 30.3 Å². The zero-order valence-electron chi connectivity index (χ0n) is 15.0. The molecule has 25 heavy (non-hydrogen) atoms. The van der Waals surface area contributed by atoms with Gasteiger partial charge >= 0.3 is 0 Å². The number of rotatable bonds is 7. The molecular weight excluding hydrogens is 362 g/mol. The lowest BCUT2D eigenvalue weighted by Crippen LogP contribution is -2.38. The van der Waals surface area contributed by atoms with Crippen molar-refractivity contribution in [2.45, 2.75) is 25.3 Å². The summed E-state index contributed by atoms with van der Waals surface area (Å²) in [6, 6.07) is 10.2. The van der Waals surface area contributed by atoms with Gasteiger partial charge < -0.3 is 10.2 Å². The summed E-state index contributed by atoms with van der Waals surface area (Å²) in [5, 5.41) is 3.04. The van der Waals surface area contributed by atoms with Crippen molar-refractivity contribution in [3.63, 3.8) is 0 Å². The van der Waals surface area contributed by atoms with Crippen LogP contribution >= 0.6 is 12.4 Å². The zero-order chi connectivity index (χ0) is 17.7. The number of benzene rings is 1. The lowest BCUT2D eigenvalue weighted by Gasteiger charge is -2.19. The molecule has 1 amide bonds. The van der Waals surface area contributed by atoms with Gasteiger partial charge in [-0.25, -0.2) is 12.7 Å². The summed E-state index contributed by atoms with van der Waals surface area (Å²) in [6.07, 6.45) is 0.592. The number of nitrogens with one attached hydrogen (secondary N) is 1. The topological polar surface area (TPSA) is 69.7 Å². The van der Waals surface area contributed by atoms with Crippen molar-refractivity contribution in [2.75, 3.05) is 39.5 Å². The van der Waals surface area contributed by atoms with Crippen molar-refractivity contribution in [3.8, 4) is 0 Å². The highest BCUT2D eigenvalue weighted by molar-refractivity contribution is 7.89. The van der Waals surface area contributed by atoms with Gasteiger partial charge in [0.15, 0.2) is 0 Å². The first-order valence-electron chi connectivity index (χ1n) is 8.24. The van der Waals surface area contributed by atoms with Crippen molar-refractivity contribution >= 4 is 28.3 Å². The first-order chi connectivity index (χ1) is 11.3. The van der Waals surface area contributed by atoms with Crippen LogP contribution in [-0.2, 0) is 14.8 Å². The first kappa shape index (κ1) is 21.9. The van der Waals surface area contributed by atoms with Gasteiger partial charge in [0.05, 0.1) is 5.75 Å². The van der Waals surface area contributed by atoms with E-state index in [1.165, 1.54) is 16.8 Å². The van der Waals surface area contributed by atoms with Crippen LogP contribution in [0.3, 0.4) is 0 Å². The van der Waals surface area contributed by atoms with Crippen molar-refractivity contribution in [1.82, 2.24) is 14.5 Å². The van der Waals surface area contributed by atoms with Crippen LogP contribution in [-0.4, -0.2) is 69.1 Å². The maximum atomic E-state index is 11.9. The molecule has 0 unspecified atom stereocenters. The fourth-order valence-electron chi connectivity index (χ4n) is 3.17. The number of likely N-dealkylation sites (tertiary alicyclic amines) is 1. The Hall–Kier alpha value is -1.15. The number of halogens is 1. The Labute approximate surface area is 157 Å². The van der Waals surface area contributed by atoms with Gasteiger partial charge in [-0.1, -0.05) is 30.3 Å². The van der Waals surface area contributed by atoms with Crippen molar-refractivity contribution < 1.29 is 13.2 Å². The Bertz CT molecular complexity index is 652. The van der Waals surface area contributed by atoms with Crippen LogP contribution in [0.1, 0.15) is 24.8 Å². The third-order valence-corrected chi connectivity index (χ3v) is 6.36. The molecule has 1 aliphatic rings. The van der Waals surface area contributed by atoms with E-state index < -0.39 is 10.0 Å². The molecule has 2 rings (SSSR count). The van der Waals surface area contributed by atoms with E-state index in [9.17, 15) is 13.2 Å². The van der Waals surface area contributed by atoms with Crippen LogP contribution in [0, 0.1) is 0 Å². The van der Waals surface area contributed by atoms with Crippen LogP contribution < -0.4 is 5.32 Å². The van der Waals surface area contributed by atoms with Crippen molar-refractivity contribution in [2.24, 2.45) is 0 Å². The third kappa shape index (κ3) is 6.26. The second-order valence-electron chi connectivity index (χ2n) is 6.54. The molecule has 2 atom stereocenters. The highest BCUT2D eigenvalue weighted by Crippen LogP contribution is 2.27. The average molecular weight is 390 g/mol. The highest BCUT2D eigenvalue weighted by Gasteiger charge is 2.34. The second kappa shape index (κ2) is 9.52.